The molecule has 1 N–H and O–H groups in total. The van der Waals surface area contributed by atoms with Gasteiger partial charge in [-0.15, -0.1) is 11.3 Å². The van der Waals surface area contributed by atoms with Crippen LogP contribution in [0.25, 0.3) is 0 Å². The molecular formula is C10H13BrO2S. The summed E-state index contributed by atoms with van der Waals surface area (Å²) < 4.78 is 6.36. The second kappa shape index (κ2) is 3.30. The standard InChI is InChI=1S/C10H13BrO2S/c1-9(2,12)10(5-13-6-10)7-3-4-8(11)14-7/h3-4,12H,5-6H2,1-2H3. The number of hydrogen-bond donors (Lipinski definition) is 1. The molecular weight excluding hydrogens is 264 g/mol. The van der Waals surface area contributed by atoms with Crippen molar-refractivity contribution >= 4 is 27.3 Å². The van der Waals surface area contributed by atoms with Crippen molar-refractivity contribution in [3.05, 3.63) is 20.8 Å². The summed E-state index contributed by atoms with van der Waals surface area (Å²) in [5, 5.41) is 10.2. The van der Waals surface area contributed by atoms with Crippen molar-refractivity contribution in [1.82, 2.24) is 0 Å². The minimum atomic E-state index is -0.727. The van der Waals surface area contributed by atoms with Gasteiger partial charge in [0.2, 0.25) is 0 Å². The number of halogens is 1. The molecule has 0 atom stereocenters. The van der Waals surface area contributed by atoms with E-state index in [0.717, 1.165) is 3.79 Å². The van der Waals surface area contributed by atoms with Gasteiger partial charge in [-0.2, -0.15) is 0 Å². The van der Waals surface area contributed by atoms with E-state index in [4.69, 9.17) is 4.74 Å². The second-order valence-corrected chi connectivity index (χ2v) is 6.70. The molecule has 1 aromatic heterocycles. The maximum atomic E-state index is 10.2. The van der Waals surface area contributed by atoms with Crippen LogP contribution < -0.4 is 0 Å². The van der Waals surface area contributed by atoms with Gasteiger partial charge in [0.25, 0.3) is 0 Å². The Bertz CT molecular complexity index is 336. The Morgan fingerprint density at radius 2 is 2.14 bits per heavy atom. The van der Waals surface area contributed by atoms with E-state index in [0.29, 0.717) is 13.2 Å². The summed E-state index contributed by atoms with van der Waals surface area (Å²) in [7, 11) is 0. The molecule has 1 aliphatic rings. The van der Waals surface area contributed by atoms with Crippen LogP contribution in [0.3, 0.4) is 0 Å². The maximum absolute atomic E-state index is 10.2. The van der Waals surface area contributed by atoms with Crippen molar-refractivity contribution in [3.63, 3.8) is 0 Å². The van der Waals surface area contributed by atoms with Gasteiger partial charge >= 0.3 is 0 Å². The highest BCUT2D eigenvalue weighted by Gasteiger charge is 2.52. The molecule has 4 heteroatoms. The minimum absolute atomic E-state index is 0.205. The molecule has 2 heterocycles. The summed E-state index contributed by atoms with van der Waals surface area (Å²) in [6.45, 7) is 4.93. The quantitative estimate of drug-likeness (QED) is 0.900. The molecule has 78 valence electrons. The second-order valence-electron chi connectivity index (χ2n) is 4.24. The predicted octanol–water partition coefficient (Wildman–Crippen LogP) is 2.55. The third-order valence-corrected chi connectivity index (χ3v) is 4.74. The first-order valence-corrected chi connectivity index (χ1v) is 6.13. The summed E-state index contributed by atoms with van der Waals surface area (Å²) in [5.41, 5.74) is -0.931. The molecule has 1 saturated heterocycles. The molecule has 0 saturated carbocycles. The lowest BCUT2D eigenvalue weighted by Crippen LogP contribution is -2.60. The minimum Gasteiger partial charge on any atom is -0.389 e. The molecule has 14 heavy (non-hydrogen) atoms. The van der Waals surface area contributed by atoms with Crippen LogP contribution in [0.4, 0.5) is 0 Å². The van der Waals surface area contributed by atoms with Crippen LogP contribution in [0.5, 0.6) is 0 Å². The van der Waals surface area contributed by atoms with E-state index >= 15 is 0 Å². The van der Waals surface area contributed by atoms with E-state index < -0.39 is 5.60 Å². The number of aliphatic hydroxyl groups is 1. The largest absolute Gasteiger partial charge is 0.389 e. The van der Waals surface area contributed by atoms with E-state index in [1.165, 1.54) is 4.88 Å². The smallest absolute Gasteiger partial charge is 0.0795 e. The normalized spacial score (nSPS) is 20.6. The molecule has 1 aromatic rings. The van der Waals surface area contributed by atoms with Gasteiger partial charge < -0.3 is 9.84 Å². The van der Waals surface area contributed by atoms with E-state index in [9.17, 15) is 5.11 Å². The molecule has 2 nitrogen and oxygen atoms in total. The van der Waals surface area contributed by atoms with E-state index in [1.807, 2.05) is 19.9 Å². The zero-order valence-corrected chi connectivity index (χ0v) is 10.6. The summed E-state index contributed by atoms with van der Waals surface area (Å²) in [6, 6.07) is 4.08. The molecule has 1 fully saturated rings. The Morgan fingerprint density at radius 3 is 2.43 bits per heavy atom. The first-order chi connectivity index (χ1) is 6.46. The SMILES string of the molecule is CC(C)(O)C1(c2ccc(Br)s2)COC1. The fourth-order valence-corrected chi connectivity index (χ4v) is 3.38. The molecule has 1 aliphatic heterocycles. The van der Waals surface area contributed by atoms with Crippen LogP contribution in [-0.4, -0.2) is 23.9 Å². The number of rotatable bonds is 2. The van der Waals surface area contributed by atoms with Gasteiger partial charge in [0.05, 0.1) is 28.0 Å². The third-order valence-electron chi connectivity index (χ3n) is 2.91. The highest BCUT2D eigenvalue weighted by molar-refractivity contribution is 9.11. The first-order valence-electron chi connectivity index (χ1n) is 4.52. The van der Waals surface area contributed by atoms with Crippen molar-refractivity contribution in [1.29, 1.82) is 0 Å². The van der Waals surface area contributed by atoms with Crippen LogP contribution in [0.2, 0.25) is 0 Å². The Kier molecular flexibility index (Phi) is 2.50. The molecule has 0 spiro atoms. The van der Waals surface area contributed by atoms with Gasteiger partial charge in [0, 0.05) is 4.88 Å². The predicted molar refractivity (Wildman–Crippen MR) is 60.8 cm³/mol. The summed E-state index contributed by atoms with van der Waals surface area (Å²) in [5.74, 6) is 0. The van der Waals surface area contributed by atoms with Crippen molar-refractivity contribution in [3.8, 4) is 0 Å². The molecule has 2 rings (SSSR count). The number of thiophene rings is 1. The van der Waals surface area contributed by atoms with Crippen molar-refractivity contribution in [2.24, 2.45) is 0 Å². The van der Waals surface area contributed by atoms with Gasteiger partial charge in [-0.3, -0.25) is 0 Å². The van der Waals surface area contributed by atoms with E-state index in [1.54, 1.807) is 11.3 Å². The fraction of sp³-hybridized carbons (Fsp3) is 0.600. The van der Waals surface area contributed by atoms with Crippen LogP contribution >= 0.6 is 27.3 Å². The third kappa shape index (κ3) is 1.45. The van der Waals surface area contributed by atoms with Gasteiger partial charge in [-0.25, -0.2) is 0 Å². The molecule has 0 radical (unpaired) electrons. The van der Waals surface area contributed by atoms with Gasteiger partial charge in [-0.05, 0) is 41.9 Å². The summed E-state index contributed by atoms with van der Waals surface area (Å²) in [6.07, 6.45) is 0. The molecule has 0 amide bonds. The Hall–Kier alpha value is 0.1000. The van der Waals surface area contributed by atoms with Crippen LogP contribution in [0.15, 0.2) is 15.9 Å². The maximum Gasteiger partial charge on any atom is 0.0795 e. The Labute approximate surface area is 96.0 Å². The lowest BCUT2D eigenvalue weighted by Gasteiger charge is -2.49. The highest BCUT2D eigenvalue weighted by Crippen LogP contribution is 2.45. The monoisotopic (exact) mass is 276 g/mol. The van der Waals surface area contributed by atoms with Crippen molar-refractivity contribution in [2.45, 2.75) is 24.9 Å². The number of ether oxygens (including phenoxy) is 1. The first kappa shape index (κ1) is 10.6. The fourth-order valence-electron chi connectivity index (χ4n) is 1.67. The van der Waals surface area contributed by atoms with Crippen molar-refractivity contribution < 1.29 is 9.84 Å². The molecule has 0 aromatic carbocycles. The van der Waals surface area contributed by atoms with Gasteiger partial charge in [0.1, 0.15) is 0 Å². The lowest BCUT2D eigenvalue weighted by molar-refractivity contribution is -0.155. The molecule has 0 aliphatic carbocycles. The van der Waals surface area contributed by atoms with Crippen LogP contribution in [0.1, 0.15) is 18.7 Å². The average Bonchev–Trinajstić information content (AvgIpc) is 2.29. The summed E-state index contributed by atoms with van der Waals surface area (Å²) in [4.78, 5) is 1.20. The highest BCUT2D eigenvalue weighted by atomic mass is 79.9. The Balaban J connectivity index is 2.38. The Morgan fingerprint density at radius 1 is 1.50 bits per heavy atom. The lowest BCUT2D eigenvalue weighted by atomic mass is 9.71. The van der Waals surface area contributed by atoms with E-state index in [2.05, 4.69) is 22.0 Å². The zero-order chi connectivity index (χ0) is 10.4. The average molecular weight is 277 g/mol. The summed E-state index contributed by atoms with van der Waals surface area (Å²) >= 11 is 5.11. The van der Waals surface area contributed by atoms with Crippen molar-refractivity contribution in [2.75, 3.05) is 13.2 Å². The van der Waals surface area contributed by atoms with Crippen LogP contribution in [-0.2, 0) is 10.2 Å². The molecule has 0 unspecified atom stereocenters. The van der Waals surface area contributed by atoms with E-state index in [-0.39, 0.29) is 5.41 Å². The zero-order valence-electron chi connectivity index (χ0n) is 8.21. The van der Waals surface area contributed by atoms with Gasteiger partial charge in [-0.1, -0.05) is 0 Å². The van der Waals surface area contributed by atoms with Crippen LogP contribution in [0, 0.1) is 0 Å². The topological polar surface area (TPSA) is 29.5 Å². The number of hydrogen-bond acceptors (Lipinski definition) is 3. The molecule has 0 bridgehead atoms. The van der Waals surface area contributed by atoms with Gasteiger partial charge in [0.15, 0.2) is 0 Å².